The molecule has 2 amide bonds. The number of hydrogen-bond acceptors (Lipinski definition) is 5. The van der Waals surface area contributed by atoms with Crippen molar-refractivity contribution in [3.8, 4) is 0 Å². The van der Waals surface area contributed by atoms with E-state index in [-0.39, 0.29) is 18.4 Å². The van der Waals surface area contributed by atoms with Crippen LogP contribution in [0.25, 0.3) is 0 Å². The molecule has 0 saturated heterocycles. The van der Waals surface area contributed by atoms with Crippen LogP contribution in [0.15, 0.2) is 28.7 Å². The monoisotopic (exact) mass is 370 g/mol. The molecule has 2 heterocycles. The third-order valence-electron chi connectivity index (χ3n) is 4.72. The third-order valence-corrected chi connectivity index (χ3v) is 4.72. The molecule has 0 spiro atoms. The van der Waals surface area contributed by atoms with Gasteiger partial charge in [0.2, 0.25) is 5.91 Å². The van der Waals surface area contributed by atoms with Crippen molar-refractivity contribution in [1.29, 1.82) is 0 Å². The smallest absolute Gasteiger partial charge is 0.341 e. The number of ether oxygens (including phenoxy) is 1. The van der Waals surface area contributed by atoms with Crippen molar-refractivity contribution in [2.45, 2.75) is 26.8 Å². The Balaban J connectivity index is 1.75. The molecular weight excluding hydrogens is 348 g/mol. The van der Waals surface area contributed by atoms with Gasteiger partial charge in [0.05, 0.1) is 13.7 Å². The summed E-state index contributed by atoms with van der Waals surface area (Å²) in [5.41, 5.74) is 2.77. The standard InChI is InChI=1S/C20H22N2O5/c1-12-17(20(25)26-4)10-16(27-12)11-21(3)19(24)15-5-6-18-14(9-15)7-8-22(18)13(2)23/h5-6,9-10H,7-8,11H2,1-4H3. The van der Waals surface area contributed by atoms with Gasteiger partial charge in [-0.25, -0.2) is 4.79 Å². The molecule has 0 N–H and O–H groups in total. The molecular formula is C20H22N2O5. The lowest BCUT2D eigenvalue weighted by molar-refractivity contribution is -0.116. The van der Waals surface area contributed by atoms with Crippen molar-refractivity contribution in [1.82, 2.24) is 4.90 Å². The van der Waals surface area contributed by atoms with Crippen LogP contribution in [0.2, 0.25) is 0 Å². The Kier molecular flexibility index (Phi) is 5.03. The molecule has 0 atom stereocenters. The van der Waals surface area contributed by atoms with Gasteiger partial charge >= 0.3 is 5.97 Å². The van der Waals surface area contributed by atoms with Crippen LogP contribution in [0.5, 0.6) is 0 Å². The second-order valence-electron chi connectivity index (χ2n) is 6.60. The van der Waals surface area contributed by atoms with E-state index in [0.29, 0.717) is 29.2 Å². The largest absolute Gasteiger partial charge is 0.465 e. The summed E-state index contributed by atoms with van der Waals surface area (Å²) in [6, 6.07) is 6.98. The van der Waals surface area contributed by atoms with Crippen LogP contribution in [-0.4, -0.2) is 43.4 Å². The van der Waals surface area contributed by atoms with Crippen molar-refractivity contribution in [2.75, 3.05) is 25.6 Å². The lowest BCUT2D eigenvalue weighted by atomic mass is 10.1. The molecule has 1 aliphatic rings. The Morgan fingerprint density at radius 3 is 2.67 bits per heavy atom. The van der Waals surface area contributed by atoms with Gasteiger partial charge in [0.1, 0.15) is 17.1 Å². The number of esters is 1. The number of carbonyl (C=O) groups excluding carboxylic acids is 3. The van der Waals surface area contributed by atoms with E-state index in [9.17, 15) is 14.4 Å². The number of anilines is 1. The Bertz CT molecular complexity index is 915. The molecule has 1 aliphatic heterocycles. The molecule has 27 heavy (non-hydrogen) atoms. The highest BCUT2D eigenvalue weighted by atomic mass is 16.5. The highest BCUT2D eigenvalue weighted by molar-refractivity contribution is 5.97. The van der Waals surface area contributed by atoms with Crippen molar-refractivity contribution in [3.05, 3.63) is 52.5 Å². The molecule has 0 bridgehead atoms. The fourth-order valence-corrected chi connectivity index (χ4v) is 3.32. The van der Waals surface area contributed by atoms with E-state index in [1.54, 1.807) is 31.0 Å². The summed E-state index contributed by atoms with van der Waals surface area (Å²) >= 11 is 0. The minimum absolute atomic E-state index is 0.000422. The minimum atomic E-state index is -0.467. The normalized spacial score (nSPS) is 12.7. The number of methoxy groups -OCH3 is 1. The predicted molar refractivity (Wildman–Crippen MR) is 98.8 cm³/mol. The Morgan fingerprint density at radius 1 is 1.26 bits per heavy atom. The van der Waals surface area contributed by atoms with E-state index < -0.39 is 5.97 Å². The molecule has 1 aromatic carbocycles. The average Bonchev–Trinajstić information content (AvgIpc) is 3.23. The van der Waals surface area contributed by atoms with E-state index in [2.05, 4.69) is 0 Å². The quantitative estimate of drug-likeness (QED) is 0.773. The summed E-state index contributed by atoms with van der Waals surface area (Å²) in [5.74, 6) is 0.338. The second kappa shape index (κ2) is 7.26. The highest BCUT2D eigenvalue weighted by Crippen LogP contribution is 2.29. The first-order chi connectivity index (χ1) is 12.8. The topological polar surface area (TPSA) is 80.1 Å². The number of fused-ring (bicyclic) bond motifs is 1. The van der Waals surface area contributed by atoms with Gasteiger partial charge in [0.15, 0.2) is 0 Å². The van der Waals surface area contributed by atoms with Crippen LogP contribution in [0, 0.1) is 6.92 Å². The lowest BCUT2D eigenvalue weighted by Crippen LogP contribution is -2.26. The first-order valence-corrected chi connectivity index (χ1v) is 8.66. The fourth-order valence-electron chi connectivity index (χ4n) is 3.32. The summed E-state index contributed by atoms with van der Waals surface area (Å²) in [6.45, 7) is 4.09. The number of amides is 2. The maximum absolute atomic E-state index is 12.8. The lowest BCUT2D eigenvalue weighted by Gasteiger charge is -2.17. The van der Waals surface area contributed by atoms with E-state index in [4.69, 9.17) is 9.15 Å². The third kappa shape index (κ3) is 3.58. The number of carbonyl (C=O) groups is 3. The molecule has 142 valence electrons. The number of nitrogens with zero attached hydrogens (tertiary/aromatic N) is 2. The van der Waals surface area contributed by atoms with Gasteiger partial charge < -0.3 is 19.0 Å². The highest BCUT2D eigenvalue weighted by Gasteiger charge is 2.24. The van der Waals surface area contributed by atoms with E-state index in [1.807, 2.05) is 12.1 Å². The Labute approximate surface area is 157 Å². The zero-order valence-corrected chi connectivity index (χ0v) is 15.9. The Morgan fingerprint density at radius 2 is 2.00 bits per heavy atom. The molecule has 1 aromatic heterocycles. The van der Waals surface area contributed by atoms with Gasteiger partial charge in [-0.2, -0.15) is 0 Å². The molecule has 2 aromatic rings. The molecule has 3 rings (SSSR count). The van der Waals surface area contributed by atoms with Crippen LogP contribution in [0.3, 0.4) is 0 Å². The van der Waals surface area contributed by atoms with Crippen LogP contribution in [0.4, 0.5) is 5.69 Å². The number of aryl methyl sites for hydroxylation is 1. The zero-order valence-electron chi connectivity index (χ0n) is 15.9. The van der Waals surface area contributed by atoms with Crippen LogP contribution >= 0.6 is 0 Å². The van der Waals surface area contributed by atoms with Crippen molar-refractivity contribution in [3.63, 3.8) is 0 Å². The fraction of sp³-hybridized carbons (Fsp3) is 0.350. The molecule has 7 heteroatoms. The van der Waals surface area contributed by atoms with Gasteiger partial charge in [-0.3, -0.25) is 9.59 Å². The molecule has 0 saturated carbocycles. The Hall–Kier alpha value is -3.09. The molecule has 0 aliphatic carbocycles. The first-order valence-electron chi connectivity index (χ1n) is 8.66. The van der Waals surface area contributed by atoms with Crippen molar-refractivity contribution >= 4 is 23.5 Å². The number of hydrogen-bond donors (Lipinski definition) is 0. The maximum Gasteiger partial charge on any atom is 0.341 e. The number of furan rings is 1. The maximum atomic E-state index is 12.8. The summed E-state index contributed by atoms with van der Waals surface area (Å²) in [4.78, 5) is 39.3. The van der Waals surface area contributed by atoms with Gasteiger partial charge in [0.25, 0.3) is 5.91 Å². The molecule has 0 fully saturated rings. The van der Waals surface area contributed by atoms with E-state index >= 15 is 0 Å². The SMILES string of the molecule is COC(=O)c1cc(CN(C)C(=O)c2ccc3c(c2)CCN3C(C)=O)oc1C. The van der Waals surface area contributed by atoms with Gasteiger partial charge in [0, 0.05) is 31.8 Å². The van der Waals surface area contributed by atoms with Gasteiger partial charge in [-0.15, -0.1) is 0 Å². The number of rotatable bonds is 4. The zero-order chi connectivity index (χ0) is 19.7. The number of benzene rings is 1. The van der Waals surface area contributed by atoms with E-state index in [1.165, 1.54) is 18.9 Å². The summed E-state index contributed by atoms with van der Waals surface area (Å²) < 4.78 is 10.3. The predicted octanol–water partition coefficient (Wildman–Crippen LogP) is 2.56. The summed E-state index contributed by atoms with van der Waals surface area (Å²) in [7, 11) is 2.98. The van der Waals surface area contributed by atoms with E-state index in [0.717, 1.165) is 17.7 Å². The first kappa shape index (κ1) is 18.7. The summed E-state index contributed by atoms with van der Waals surface area (Å²) in [6.07, 6.45) is 0.736. The minimum Gasteiger partial charge on any atom is -0.465 e. The average molecular weight is 370 g/mol. The van der Waals surface area contributed by atoms with Gasteiger partial charge in [-0.05, 0) is 43.2 Å². The van der Waals surface area contributed by atoms with Crippen molar-refractivity contribution < 1.29 is 23.5 Å². The summed E-state index contributed by atoms with van der Waals surface area (Å²) in [5, 5.41) is 0. The molecule has 0 unspecified atom stereocenters. The molecule has 7 nitrogen and oxygen atoms in total. The second-order valence-corrected chi connectivity index (χ2v) is 6.60. The van der Waals surface area contributed by atoms with Crippen LogP contribution in [0.1, 0.15) is 44.7 Å². The van der Waals surface area contributed by atoms with Crippen LogP contribution < -0.4 is 4.90 Å². The molecule has 0 radical (unpaired) electrons. The van der Waals surface area contributed by atoms with Crippen LogP contribution in [-0.2, 0) is 22.5 Å². The van der Waals surface area contributed by atoms with Gasteiger partial charge in [-0.1, -0.05) is 0 Å². The van der Waals surface area contributed by atoms with Crippen molar-refractivity contribution in [2.24, 2.45) is 0 Å².